The monoisotopic (exact) mass is 227 g/mol. The van der Waals surface area contributed by atoms with Gasteiger partial charge in [0.05, 0.1) is 12.3 Å². The minimum atomic E-state index is 0.0601. The first-order valence-corrected chi connectivity index (χ1v) is 5.74. The van der Waals surface area contributed by atoms with Gasteiger partial charge in [-0.3, -0.25) is 0 Å². The molecule has 2 atom stereocenters. The molecule has 1 N–H and O–H groups in total. The van der Waals surface area contributed by atoms with Crippen LogP contribution in [0.5, 0.6) is 0 Å². The Morgan fingerprint density at radius 2 is 2.18 bits per heavy atom. The van der Waals surface area contributed by atoms with Gasteiger partial charge < -0.3 is 10.1 Å². The van der Waals surface area contributed by atoms with E-state index in [1.807, 2.05) is 36.4 Å². The smallest absolute Gasteiger partial charge is 0.125 e. The van der Waals surface area contributed by atoms with Crippen molar-refractivity contribution in [1.82, 2.24) is 0 Å². The molecule has 2 rings (SSSR count). The number of ether oxygens (including phenoxy) is 1. The second-order valence-electron chi connectivity index (χ2n) is 4.05. The zero-order valence-corrected chi connectivity index (χ0v) is 9.80. The second kappa shape index (κ2) is 5.39. The quantitative estimate of drug-likeness (QED) is 0.777. The molecular weight excluding hydrogens is 210 g/mol. The van der Waals surface area contributed by atoms with Gasteiger partial charge in [0.1, 0.15) is 6.10 Å². The van der Waals surface area contributed by atoms with Crippen LogP contribution < -0.4 is 5.32 Å². The topological polar surface area (TPSA) is 21.3 Å². The predicted molar refractivity (Wildman–Crippen MR) is 71.8 cm³/mol. The maximum atomic E-state index is 5.56. The fraction of sp³-hybridized carbons (Fsp3) is 0.200. The summed E-state index contributed by atoms with van der Waals surface area (Å²) in [5, 5.41) is 3.44. The molecule has 17 heavy (non-hydrogen) atoms. The van der Waals surface area contributed by atoms with E-state index in [1.54, 1.807) is 12.3 Å². The first kappa shape index (κ1) is 11.5. The van der Waals surface area contributed by atoms with Crippen LogP contribution in [0.2, 0.25) is 0 Å². The predicted octanol–water partition coefficient (Wildman–Crippen LogP) is 3.51. The molecule has 0 fully saturated rings. The van der Waals surface area contributed by atoms with Crippen molar-refractivity contribution in [2.75, 3.05) is 5.32 Å². The molecule has 1 aliphatic rings. The Bertz CT molecular complexity index is 414. The van der Waals surface area contributed by atoms with Gasteiger partial charge in [-0.05, 0) is 23.8 Å². The van der Waals surface area contributed by atoms with Crippen molar-refractivity contribution in [1.29, 1.82) is 0 Å². The molecule has 0 radical (unpaired) electrons. The molecule has 2 heteroatoms. The highest BCUT2D eigenvalue weighted by Crippen LogP contribution is 2.22. The van der Waals surface area contributed by atoms with Crippen LogP contribution in [0.4, 0.5) is 5.69 Å². The third kappa shape index (κ3) is 2.78. The highest BCUT2D eigenvalue weighted by Gasteiger charge is 2.25. The summed E-state index contributed by atoms with van der Waals surface area (Å²) in [6, 6.07) is 10.1. The molecule has 0 bridgehead atoms. The average Bonchev–Trinajstić information content (AvgIpc) is 2.90. The van der Waals surface area contributed by atoms with E-state index in [-0.39, 0.29) is 12.1 Å². The first-order valence-electron chi connectivity index (χ1n) is 5.74. The maximum Gasteiger partial charge on any atom is 0.125 e. The van der Waals surface area contributed by atoms with E-state index in [0.717, 1.165) is 17.7 Å². The molecule has 0 saturated heterocycles. The third-order valence-electron chi connectivity index (χ3n) is 2.85. The van der Waals surface area contributed by atoms with E-state index >= 15 is 0 Å². The van der Waals surface area contributed by atoms with Gasteiger partial charge in [0.15, 0.2) is 0 Å². The number of hydrogen-bond donors (Lipinski definition) is 1. The molecule has 1 aromatic carbocycles. The molecule has 0 amide bonds. The zero-order valence-electron chi connectivity index (χ0n) is 9.80. The van der Waals surface area contributed by atoms with Gasteiger partial charge in [-0.15, -0.1) is 0 Å². The molecule has 88 valence electrons. The molecular formula is C15H17NO. The molecule has 1 aromatic rings. The average molecular weight is 227 g/mol. The summed E-state index contributed by atoms with van der Waals surface area (Å²) < 4.78 is 5.56. The minimum absolute atomic E-state index is 0.0601. The van der Waals surface area contributed by atoms with Gasteiger partial charge in [0, 0.05) is 12.1 Å². The minimum Gasteiger partial charge on any atom is -0.496 e. The zero-order chi connectivity index (χ0) is 12.1. The summed E-state index contributed by atoms with van der Waals surface area (Å²) in [4.78, 5) is 0. The number of nitrogens with one attached hydrogen (secondary N) is 1. The Labute approximate surface area is 102 Å². The van der Waals surface area contributed by atoms with Crippen LogP contribution in [-0.4, -0.2) is 12.1 Å². The summed E-state index contributed by atoms with van der Waals surface area (Å²) in [7, 11) is 0. The van der Waals surface area contributed by atoms with E-state index in [9.17, 15) is 0 Å². The Hall–Kier alpha value is -1.96. The number of anilines is 1. The normalized spacial score (nSPS) is 19.4. The van der Waals surface area contributed by atoms with E-state index in [4.69, 9.17) is 4.74 Å². The van der Waals surface area contributed by atoms with Gasteiger partial charge in [-0.2, -0.15) is 0 Å². The van der Waals surface area contributed by atoms with Gasteiger partial charge in [-0.1, -0.05) is 37.4 Å². The lowest BCUT2D eigenvalue weighted by molar-refractivity contribution is 0.161. The highest BCUT2D eigenvalue weighted by molar-refractivity contribution is 5.47. The van der Waals surface area contributed by atoms with Crippen molar-refractivity contribution in [2.24, 2.45) is 0 Å². The highest BCUT2D eigenvalue weighted by atomic mass is 16.5. The van der Waals surface area contributed by atoms with Crippen LogP contribution in [0.15, 0.2) is 67.5 Å². The van der Waals surface area contributed by atoms with Gasteiger partial charge in [-0.25, -0.2) is 0 Å². The summed E-state index contributed by atoms with van der Waals surface area (Å²) in [6.45, 7) is 7.80. The summed E-state index contributed by atoms with van der Waals surface area (Å²) >= 11 is 0. The van der Waals surface area contributed by atoms with Crippen molar-refractivity contribution in [3.8, 4) is 0 Å². The van der Waals surface area contributed by atoms with Crippen LogP contribution in [-0.2, 0) is 4.74 Å². The molecule has 0 aliphatic carbocycles. The van der Waals surface area contributed by atoms with E-state index in [0.29, 0.717) is 0 Å². The SMILES string of the molecule is C=CC(=C)C(Nc1ccccc1)C1CC=CO1. The molecule has 0 spiro atoms. The van der Waals surface area contributed by atoms with Gasteiger partial charge in [0.2, 0.25) is 0 Å². The van der Waals surface area contributed by atoms with Crippen LogP contribution in [0.25, 0.3) is 0 Å². The first-order chi connectivity index (χ1) is 8.31. The lowest BCUT2D eigenvalue weighted by atomic mass is 10.0. The Morgan fingerprint density at radius 3 is 2.76 bits per heavy atom. The van der Waals surface area contributed by atoms with Gasteiger partial charge >= 0.3 is 0 Å². The summed E-state index contributed by atoms with van der Waals surface area (Å²) in [6.07, 6.45) is 6.56. The lowest BCUT2D eigenvalue weighted by Crippen LogP contribution is -2.34. The molecule has 0 saturated carbocycles. The number of benzene rings is 1. The number of rotatable bonds is 5. The molecule has 2 unspecified atom stereocenters. The molecule has 1 heterocycles. The van der Waals surface area contributed by atoms with Crippen molar-refractivity contribution in [3.63, 3.8) is 0 Å². The van der Waals surface area contributed by atoms with Crippen molar-refractivity contribution in [3.05, 3.63) is 67.5 Å². The van der Waals surface area contributed by atoms with Crippen LogP contribution in [0.3, 0.4) is 0 Å². The Morgan fingerprint density at radius 1 is 1.41 bits per heavy atom. The maximum absolute atomic E-state index is 5.56. The van der Waals surface area contributed by atoms with E-state index in [1.165, 1.54) is 0 Å². The number of hydrogen-bond acceptors (Lipinski definition) is 2. The summed E-state index contributed by atoms with van der Waals surface area (Å²) in [5.41, 5.74) is 2.01. The third-order valence-corrected chi connectivity index (χ3v) is 2.85. The molecule has 1 aliphatic heterocycles. The Kier molecular flexibility index (Phi) is 3.66. The lowest BCUT2D eigenvalue weighted by Gasteiger charge is -2.26. The van der Waals surface area contributed by atoms with Crippen molar-refractivity contribution >= 4 is 5.69 Å². The van der Waals surface area contributed by atoms with Gasteiger partial charge in [0.25, 0.3) is 0 Å². The van der Waals surface area contributed by atoms with E-state index in [2.05, 4.69) is 18.5 Å². The van der Waals surface area contributed by atoms with Crippen molar-refractivity contribution in [2.45, 2.75) is 18.6 Å². The summed E-state index contributed by atoms with van der Waals surface area (Å²) in [5.74, 6) is 0. The second-order valence-corrected chi connectivity index (χ2v) is 4.05. The van der Waals surface area contributed by atoms with Crippen LogP contribution in [0.1, 0.15) is 6.42 Å². The fourth-order valence-corrected chi connectivity index (χ4v) is 1.88. The standard InChI is InChI=1S/C15H17NO/c1-3-12(2)15(14-10-7-11-17-14)16-13-8-5-4-6-9-13/h3-9,11,14-16H,1-2,10H2. The molecule has 0 aromatic heterocycles. The van der Waals surface area contributed by atoms with Crippen LogP contribution in [0, 0.1) is 0 Å². The fourth-order valence-electron chi connectivity index (χ4n) is 1.88. The largest absolute Gasteiger partial charge is 0.496 e. The Balaban J connectivity index is 2.10. The molecule has 2 nitrogen and oxygen atoms in total. The van der Waals surface area contributed by atoms with Crippen LogP contribution >= 0.6 is 0 Å². The number of para-hydroxylation sites is 1. The van der Waals surface area contributed by atoms with E-state index < -0.39 is 0 Å². The van der Waals surface area contributed by atoms with Crippen molar-refractivity contribution < 1.29 is 4.74 Å².